The topological polar surface area (TPSA) is 125 Å². The van der Waals surface area contributed by atoms with Gasteiger partial charge in [-0.25, -0.2) is 0 Å². The van der Waals surface area contributed by atoms with Gasteiger partial charge in [0, 0.05) is 35.8 Å². The summed E-state index contributed by atoms with van der Waals surface area (Å²) in [6.45, 7) is 56.1. The molecule has 0 aliphatic heterocycles. The van der Waals surface area contributed by atoms with E-state index in [9.17, 15) is 19.2 Å². The van der Waals surface area contributed by atoms with Crippen LogP contribution in [0.1, 0.15) is 206 Å². The minimum atomic E-state index is -0.720. The molecule has 3 aromatic carbocycles. The van der Waals surface area contributed by atoms with Crippen molar-refractivity contribution in [3.8, 4) is 0 Å². The zero-order chi connectivity index (χ0) is 62.2. The van der Waals surface area contributed by atoms with Crippen molar-refractivity contribution in [2.45, 2.75) is 235 Å². The number of allylic oxidation sites excluding steroid dienone is 1. The molecule has 0 amide bonds. The average Bonchev–Trinajstić information content (AvgIpc) is 3.39. The predicted molar refractivity (Wildman–Crippen MR) is 344 cm³/mol. The molecule has 0 radical (unpaired) electrons. The lowest BCUT2D eigenvalue weighted by Crippen LogP contribution is -2.21. The molecule has 78 heavy (non-hydrogen) atoms. The van der Waals surface area contributed by atoms with Crippen molar-refractivity contribution >= 4 is 32.0 Å². The summed E-state index contributed by atoms with van der Waals surface area (Å²) < 4.78 is 18.7. The van der Waals surface area contributed by atoms with Gasteiger partial charge in [0.15, 0.2) is 0 Å². The normalized spacial score (nSPS) is 9.28. The molecular formula is C68H124O9Si. The van der Waals surface area contributed by atoms with Gasteiger partial charge in [0.2, 0.25) is 0 Å². The molecule has 0 aromatic heterocycles. The van der Waals surface area contributed by atoms with E-state index in [0.717, 1.165) is 61.0 Å². The van der Waals surface area contributed by atoms with Crippen LogP contribution in [-0.2, 0) is 64.2 Å². The summed E-state index contributed by atoms with van der Waals surface area (Å²) in [6.07, 6.45) is 14.0. The Bertz CT molecular complexity index is 1660. The van der Waals surface area contributed by atoms with Crippen LogP contribution in [0.4, 0.5) is 0 Å². The van der Waals surface area contributed by atoms with Crippen molar-refractivity contribution in [3.63, 3.8) is 0 Å². The molecular weight excluding hydrogens is 989 g/mol. The van der Waals surface area contributed by atoms with E-state index in [0.29, 0.717) is 32.3 Å². The minimum absolute atomic E-state index is 0.143. The van der Waals surface area contributed by atoms with E-state index in [1.54, 1.807) is 0 Å². The summed E-state index contributed by atoms with van der Waals surface area (Å²) in [6, 6.07) is 29.5. The molecule has 0 atom stereocenters. The Kier molecular flexibility index (Phi) is 80.8. The zero-order valence-corrected chi connectivity index (χ0v) is 55.8. The monoisotopic (exact) mass is 1110 g/mol. The highest BCUT2D eigenvalue weighted by atomic mass is 28.3. The molecule has 0 aliphatic carbocycles. The van der Waals surface area contributed by atoms with Crippen molar-refractivity contribution in [2.75, 3.05) is 19.8 Å². The molecule has 0 spiro atoms. The lowest BCUT2D eigenvalue weighted by molar-refractivity contribution is -0.143. The van der Waals surface area contributed by atoms with Gasteiger partial charge < -0.3 is 24.1 Å². The van der Waals surface area contributed by atoms with Gasteiger partial charge in [0.25, 0.3) is 0 Å². The van der Waals surface area contributed by atoms with Crippen LogP contribution in [0.15, 0.2) is 110 Å². The lowest BCUT2D eigenvalue weighted by atomic mass is 10.1. The number of carbonyl (C=O) groups is 4. The number of carbonyl (C=O) groups excluding carboxylic acids is 4. The van der Waals surface area contributed by atoms with E-state index in [2.05, 4.69) is 150 Å². The van der Waals surface area contributed by atoms with Gasteiger partial charge in [0.1, 0.15) is 13.2 Å². The third kappa shape index (κ3) is 104. The maximum atomic E-state index is 10.4. The highest BCUT2D eigenvalue weighted by Gasteiger charge is 2.13. The van der Waals surface area contributed by atoms with Gasteiger partial charge in [-0.1, -0.05) is 266 Å². The number of aryl methyl sites for hydroxylation is 2. The van der Waals surface area contributed by atoms with Crippen LogP contribution in [0.2, 0.25) is 25.7 Å². The summed E-state index contributed by atoms with van der Waals surface area (Å²) in [7, 11) is -0.720. The summed E-state index contributed by atoms with van der Waals surface area (Å²) in [4.78, 5) is 40.8. The van der Waals surface area contributed by atoms with Crippen LogP contribution in [0.5, 0.6) is 0 Å². The highest BCUT2D eigenvalue weighted by Crippen LogP contribution is 2.15. The summed E-state index contributed by atoms with van der Waals surface area (Å²) >= 11 is 0. The number of benzene rings is 3. The van der Waals surface area contributed by atoms with Gasteiger partial charge in [-0.3, -0.25) is 19.2 Å². The fraction of sp³-hybridized carbons (Fsp3) is 0.618. The number of esters is 4. The molecule has 0 heterocycles. The first-order valence-corrected chi connectivity index (χ1v) is 32.8. The first-order chi connectivity index (χ1) is 36.6. The van der Waals surface area contributed by atoms with Crippen molar-refractivity contribution in [1.29, 1.82) is 0 Å². The van der Waals surface area contributed by atoms with E-state index in [1.807, 2.05) is 94.4 Å². The Morgan fingerprint density at radius 2 is 0.923 bits per heavy atom. The molecule has 0 unspecified atom stereocenters. The van der Waals surface area contributed by atoms with Crippen LogP contribution >= 0.6 is 0 Å². The van der Waals surface area contributed by atoms with Gasteiger partial charge in [-0.05, 0) is 78.0 Å². The standard InChI is InChI=1S/C9H10O2.C9H18O2.C9H12O.C8H10.C7H18Si.C6H12O2.C5H8O2.C5H12.C5H10.C3H8.C2H6/c1-8(10)11-7-9-5-3-2-4-6-9;1-8(2)6-4-5-7-11-9(3)10;1-2-8-3-5-9(7-10)6-4-8;1-2-8-6-4-3-5-7-8;1-7(2)6-8(3,4)5;1-5(2)4-8-6(3)7;1-3-4-7-5(2)6;1-4-5(2)3;1-3-5-4-2;1-3-2;1-2/h2-6H,7H2,1H3;8H,4-7H2,1-3H3;3-6,10H,2,7H2,1H3;3-7H,2H2,1H3;7H,6H2,1-5H3;5H,4H2,1-3H3;3H,1,4H2,2H3;5H,4H2,1-3H3;3H,1,4-5H2,2H3;3H2,1-2H3;1-2H3. The fourth-order valence-electron chi connectivity index (χ4n) is 5.11. The Labute approximate surface area is 484 Å². The zero-order valence-electron chi connectivity index (χ0n) is 54.8. The molecule has 1 N–H and O–H groups in total. The maximum absolute atomic E-state index is 10.4. The molecule has 0 bridgehead atoms. The Balaban J connectivity index is -0.000000118. The number of unbranched alkanes of at least 4 members (excludes halogenated alkanes) is 2. The van der Waals surface area contributed by atoms with Crippen molar-refractivity contribution < 1.29 is 43.2 Å². The summed E-state index contributed by atoms with van der Waals surface area (Å²) in [5, 5.41) is 8.70. The molecule has 0 aliphatic rings. The number of hydrogen-bond acceptors (Lipinski definition) is 9. The second-order valence-electron chi connectivity index (χ2n) is 20.7. The Morgan fingerprint density at radius 3 is 1.15 bits per heavy atom. The quantitative estimate of drug-likeness (QED) is 0.0411. The number of ether oxygens (including phenoxy) is 4. The largest absolute Gasteiger partial charge is 0.466 e. The summed E-state index contributed by atoms with van der Waals surface area (Å²) in [5.74, 6) is 2.12. The number of aliphatic hydroxyl groups is 1. The molecule has 0 fully saturated rings. The van der Waals surface area contributed by atoms with E-state index in [4.69, 9.17) is 14.6 Å². The first-order valence-electron chi connectivity index (χ1n) is 29.1. The minimum Gasteiger partial charge on any atom is -0.466 e. The van der Waals surface area contributed by atoms with Crippen LogP contribution in [0, 0.1) is 23.7 Å². The number of hydrogen-bond donors (Lipinski definition) is 1. The van der Waals surface area contributed by atoms with Gasteiger partial charge in [0.05, 0.1) is 19.8 Å². The van der Waals surface area contributed by atoms with E-state index >= 15 is 0 Å². The predicted octanol–water partition coefficient (Wildman–Crippen LogP) is 19.5. The Hall–Kier alpha value is -4.80. The third-order valence-electron chi connectivity index (χ3n) is 8.99. The van der Waals surface area contributed by atoms with Crippen LogP contribution in [0.3, 0.4) is 0 Å². The van der Waals surface area contributed by atoms with Gasteiger partial charge >= 0.3 is 23.9 Å². The maximum Gasteiger partial charge on any atom is 0.302 e. The molecule has 10 heteroatoms. The lowest BCUT2D eigenvalue weighted by Gasteiger charge is -2.17. The highest BCUT2D eigenvalue weighted by molar-refractivity contribution is 6.76. The van der Waals surface area contributed by atoms with Crippen LogP contribution in [0.25, 0.3) is 0 Å². The van der Waals surface area contributed by atoms with Crippen molar-refractivity contribution in [2.24, 2.45) is 23.7 Å². The SMILES string of the molecule is C=CCCC.C=CCOC(C)=O.CC.CC(=O)OCC(C)C.CC(=O)OCCCCC(C)C.CC(=O)OCc1ccccc1.CC(C)C[Si](C)(C)C.CCC.CCC(C)C.CCc1ccc(CO)cc1.CCc1ccccc1. The van der Waals surface area contributed by atoms with Crippen molar-refractivity contribution in [3.05, 3.63) is 132 Å². The fourth-order valence-corrected chi connectivity index (χ4v) is 7.56. The summed E-state index contributed by atoms with van der Waals surface area (Å²) in [5.41, 5.74) is 4.73. The van der Waals surface area contributed by atoms with Crippen molar-refractivity contribution in [1.82, 2.24) is 0 Å². The van der Waals surface area contributed by atoms with Crippen LogP contribution < -0.4 is 0 Å². The molecule has 0 saturated carbocycles. The van der Waals surface area contributed by atoms with E-state index < -0.39 is 8.07 Å². The van der Waals surface area contributed by atoms with Gasteiger partial charge in [-0.2, -0.15) is 0 Å². The molecule has 454 valence electrons. The molecule has 9 nitrogen and oxygen atoms in total. The number of rotatable bonds is 19. The first kappa shape index (κ1) is 89.8. The Morgan fingerprint density at radius 1 is 0.526 bits per heavy atom. The molecule has 3 aromatic rings. The smallest absolute Gasteiger partial charge is 0.302 e. The van der Waals surface area contributed by atoms with E-state index in [-0.39, 0.29) is 30.5 Å². The molecule has 3 rings (SSSR count). The van der Waals surface area contributed by atoms with Gasteiger partial charge in [-0.15, -0.1) is 6.58 Å². The molecule has 0 saturated heterocycles. The second-order valence-corrected chi connectivity index (χ2v) is 26.2. The number of aliphatic hydroxyl groups excluding tert-OH is 1. The van der Waals surface area contributed by atoms with E-state index in [1.165, 1.54) is 76.6 Å². The van der Waals surface area contributed by atoms with Crippen LogP contribution in [-0.4, -0.2) is 56.9 Å². The third-order valence-corrected chi connectivity index (χ3v) is 11.0. The average molecular weight is 1110 g/mol. The second kappa shape index (κ2) is 70.2.